The van der Waals surface area contributed by atoms with E-state index in [0.717, 1.165) is 5.69 Å². The third-order valence-electron chi connectivity index (χ3n) is 3.11. The molecule has 0 fully saturated rings. The molecule has 24 heavy (non-hydrogen) atoms. The zero-order chi connectivity index (χ0) is 17.4. The lowest BCUT2D eigenvalue weighted by Crippen LogP contribution is -2.41. The molecule has 0 aliphatic carbocycles. The lowest BCUT2D eigenvalue weighted by molar-refractivity contribution is -0.138. The van der Waals surface area contributed by atoms with Gasteiger partial charge in [-0.1, -0.05) is 30.3 Å². The number of anilines is 2. The first kappa shape index (κ1) is 17.0. The molecule has 2 rings (SSSR count). The first-order valence-corrected chi connectivity index (χ1v) is 7.28. The quantitative estimate of drug-likeness (QED) is 0.607. The Morgan fingerprint density at radius 2 is 1.50 bits per heavy atom. The molecule has 4 N–H and O–H groups in total. The summed E-state index contributed by atoms with van der Waals surface area (Å²) in [6.45, 7) is 0. The van der Waals surface area contributed by atoms with Crippen molar-refractivity contribution >= 4 is 29.2 Å². The number of hydrogen-bond acceptors (Lipinski definition) is 4. The number of nitrogens with one attached hydrogen (secondary N) is 3. The summed E-state index contributed by atoms with van der Waals surface area (Å²) in [5.41, 5.74) is 6.23. The van der Waals surface area contributed by atoms with Crippen LogP contribution in [-0.2, 0) is 9.59 Å². The van der Waals surface area contributed by atoms with E-state index in [4.69, 9.17) is 5.11 Å². The molecule has 7 heteroatoms. The topological polar surface area (TPSA) is 108 Å². The van der Waals surface area contributed by atoms with Crippen LogP contribution in [0.4, 0.5) is 11.4 Å². The summed E-state index contributed by atoms with van der Waals surface area (Å²) in [5.74, 6) is -2.15. The van der Waals surface area contributed by atoms with Crippen LogP contribution in [0.2, 0.25) is 0 Å². The summed E-state index contributed by atoms with van der Waals surface area (Å²) in [7, 11) is 0. The van der Waals surface area contributed by atoms with Gasteiger partial charge >= 0.3 is 5.97 Å². The number of carboxylic acid groups (broad SMARTS) is 1. The predicted molar refractivity (Wildman–Crippen MR) is 88.6 cm³/mol. The number of carbonyl (C=O) groups is 3. The number of amides is 2. The Balaban J connectivity index is 1.99. The van der Waals surface area contributed by atoms with Crippen molar-refractivity contribution in [3.05, 3.63) is 60.2 Å². The second-order valence-electron chi connectivity index (χ2n) is 4.93. The van der Waals surface area contributed by atoms with Crippen molar-refractivity contribution in [2.75, 3.05) is 5.32 Å². The highest BCUT2D eigenvalue weighted by molar-refractivity contribution is 6.01. The van der Waals surface area contributed by atoms with Crippen LogP contribution in [0.25, 0.3) is 0 Å². The zero-order valence-corrected chi connectivity index (χ0v) is 12.8. The van der Waals surface area contributed by atoms with E-state index >= 15 is 0 Å². The van der Waals surface area contributed by atoms with E-state index in [1.807, 2.05) is 30.3 Å². The molecule has 2 aromatic carbocycles. The first-order valence-electron chi connectivity index (χ1n) is 7.28. The van der Waals surface area contributed by atoms with Crippen molar-refractivity contribution in [3.63, 3.8) is 0 Å². The van der Waals surface area contributed by atoms with Crippen LogP contribution in [0, 0.1) is 0 Å². The van der Waals surface area contributed by atoms with Gasteiger partial charge in [0.05, 0.1) is 17.7 Å². The summed E-state index contributed by atoms with van der Waals surface area (Å²) in [4.78, 5) is 34.1. The molecule has 0 spiro atoms. The Bertz CT molecular complexity index is 732. The van der Waals surface area contributed by atoms with Gasteiger partial charge in [-0.15, -0.1) is 0 Å². The Kier molecular flexibility index (Phi) is 5.90. The third kappa shape index (κ3) is 5.13. The fraction of sp³-hybridized carbons (Fsp3) is 0.118. The highest BCUT2D eigenvalue weighted by Gasteiger charge is 2.12. The summed E-state index contributed by atoms with van der Waals surface area (Å²) in [5, 5.41) is 11.6. The number of para-hydroxylation sites is 2. The van der Waals surface area contributed by atoms with E-state index in [9.17, 15) is 14.4 Å². The van der Waals surface area contributed by atoms with Crippen molar-refractivity contribution in [2.45, 2.75) is 12.8 Å². The molecule has 0 unspecified atom stereocenters. The first-order chi connectivity index (χ1) is 11.6. The molecule has 0 aliphatic rings. The molecule has 0 aliphatic heterocycles. The van der Waals surface area contributed by atoms with Crippen LogP contribution in [0.1, 0.15) is 23.2 Å². The number of carboxylic acids is 1. The SMILES string of the molecule is O=C(O)CCC(=O)NNC(=O)c1ccccc1Nc1ccccc1. The van der Waals surface area contributed by atoms with Crippen molar-refractivity contribution in [2.24, 2.45) is 0 Å². The maximum Gasteiger partial charge on any atom is 0.303 e. The predicted octanol–water partition coefficient (Wildman–Crippen LogP) is 2.06. The Hall–Kier alpha value is -3.35. The maximum atomic E-state index is 12.2. The van der Waals surface area contributed by atoms with E-state index in [1.54, 1.807) is 24.3 Å². The summed E-state index contributed by atoms with van der Waals surface area (Å²) in [6, 6.07) is 16.2. The normalized spacial score (nSPS) is 9.83. The molecule has 7 nitrogen and oxygen atoms in total. The molecule has 124 valence electrons. The molecular weight excluding hydrogens is 310 g/mol. The van der Waals surface area contributed by atoms with Crippen LogP contribution >= 0.6 is 0 Å². The average Bonchev–Trinajstić information content (AvgIpc) is 2.59. The summed E-state index contributed by atoms with van der Waals surface area (Å²) >= 11 is 0. The van der Waals surface area contributed by atoms with Gasteiger partial charge in [0.2, 0.25) is 5.91 Å². The molecular formula is C17H17N3O4. The lowest BCUT2D eigenvalue weighted by atomic mass is 10.1. The molecule has 0 heterocycles. The Labute approximate surface area is 138 Å². The highest BCUT2D eigenvalue weighted by atomic mass is 16.4. The van der Waals surface area contributed by atoms with Crippen molar-refractivity contribution < 1.29 is 19.5 Å². The van der Waals surface area contributed by atoms with Gasteiger partial charge in [-0.25, -0.2) is 0 Å². The third-order valence-corrected chi connectivity index (χ3v) is 3.11. The van der Waals surface area contributed by atoms with Crippen LogP contribution in [-0.4, -0.2) is 22.9 Å². The number of benzene rings is 2. The molecule has 0 saturated heterocycles. The van der Waals surface area contributed by atoms with Gasteiger partial charge in [0.15, 0.2) is 0 Å². The standard InChI is InChI=1S/C17H17N3O4/c21-15(10-11-16(22)23)19-20-17(24)13-8-4-5-9-14(13)18-12-6-2-1-3-7-12/h1-9,18H,10-11H2,(H,19,21)(H,20,24)(H,22,23). The van der Waals surface area contributed by atoms with Gasteiger partial charge in [-0.2, -0.15) is 0 Å². The number of hydrogen-bond donors (Lipinski definition) is 4. The van der Waals surface area contributed by atoms with Gasteiger partial charge in [0.25, 0.3) is 5.91 Å². The molecule has 2 amide bonds. The largest absolute Gasteiger partial charge is 0.481 e. The van der Waals surface area contributed by atoms with E-state index in [2.05, 4.69) is 16.2 Å². The van der Waals surface area contributed by atoms with E-state index in [0.29, 0.717) is 11.3 Å². The lowest BCUT2D eigenvalue weighted by Gasteiger charge is -2.12. The fourth-order valence-corrected chi connectivity index (χ4v) is 1.94. The average molecular weight is 327 g/mol. The smallest absolute Gasteiger partial charge is 0.303 e. The number of carbonyl (C=O) groups excluding carboxylic acids is 2. The van der Waals surface area contributed by atoms with Gasteiger partial charge < -0.3 is 10.4 Å². The second kappa shape index (κ2) is 8.33. The minimum atomic E-state index is -1.08. The number of aliphatic carboxylic acids is 1. The van der Waals surface area contributed by atoms with Gasteiger partial charge in [0.1, 0.15) is 0 Å². The molecule has 2 aromatic rings. The van der Waals surface area contributed by atoms with Crippen LogP contribution in [0.5, 0.6) is 0 Å². The second-order valence-corrected chi connectivity index (χ2v) is 4.93. The Morgan fingerprint density at radius 3 is 2.21 bits per heavy atom. The molecule has 0 atom stereocenters. The van der Waals surface area contributed by atoms with Crippen molar-refractivity contribution in [3.8, 4) is 0 Å². The van der Waals surface area contributed by atoms with Gasteiger partial charge in [0, 0.05) is 12.1 Å². The van der Waals surface area contributed by atoms with Crippen LogP contribution in [0.3, 0.4) is 0 Å². The minimum Gasteiger partial charge on any atom is -0.481 e. The van der Waals surface area contributed by atoms with E-state index < -0.39 is 17.8 Å². The fourth-order valence-electron chi connectivity index (χ4n) is 1.94. The van der Waals surface area contributed by atoms with Gasteiger partial charge in [-0.3, -0.25) is 25.2 Å². The van der Waals surface area contributed by atoms with E-state index in [1.165, 1.54) is 0 Å². The summed E-state index contributed by atoms with van der Waals surface area (Å²) in [6.07, 6.45) is -0.507. The van der Waals surface area contributed by atoms with Gasteiger partial charge in [-0.05, 0) is 24.3 Å². The molecule has 0 bridgehead atoms. The van der Waals surface area contributed by atoms with Crippen molar-refractivity contribution in [1.29, 1.82) is 0 Å². The van der Waals surface area contributed by atoms with E-state index in [-0.39, 0.29) is 12.8 Å². The zero-order valence-electron chi connectivity index (χ0n) is 12.8. The number of hydrazine groups is 1. The van der Waals surface area contributed by atoms with Crippen LogP contribution < -0.4 is 16.2 Å². The van der Waals surface area contributed by atoms with Crippen molar-refractivity contribution in [1.82, 2.24) is 10.9 Å². The molecule has 0 aromatic heterocycles. The monoisotopic (exact) mass is 327 g/mol. The maximum absolute atomic E-state index is 12.2. The number of rotatable bonds is 6. The summed E-state index contributed by atoms with van der Waals surface area (Å²) < 4.78 is 0. The highest BCUT2D eigenvalue weighted by Crippen LogP contribution is 2.20. The Morgan fingerprint density at radius 1 is 0.833 bits per heavy atom. The van der Waals surface area contributed by atoms with Crippen LogP contribution in [0.15, 0.2) is 54.6 Å². The molecule has 0 radical (unpaired) electrons. The molecule has 0 saturated carbocycles. The minimum absolute atomic E-state index is 0.209.